The quantitative estimate of drug-likeness (QED) is 0.557. The van der Waals surface area contributed by atoms with Crippen LogP contribution in [-0.2, 0) is 0 Å². The average Bonchev–Trinajstić information content (AvgIpc) is 3.06. The van der Waals surface area contributed by atoms with E-state index >= 15 is 0 Å². The summed E-state index contributed by atoms with van der Waals surface area (Å²) in [6.45, 7) is 0. The summed E-state index contributed by atoms with van der Waals surface area (Å²) in [5.41, 5.74) is 1.89. The maximum atomic E-state index is 8.84. The fourth-order valence-electron chi connectivity index (χ4n) is 2.36. The second kappa shape index (κ2) is 6.23. The molecule has 0 saturated heterocycles. The molecule has 0 radical (unpaired) electrons. The monoisotopic (exact) mass is 347 g/mol. The minimum Gasteiger partial charge on any atom is -0.438 e. The normalized spacial score (nSPS) is 10.6. The largest absolute Gasteiger partial charge is 0.438 e. The Morgan fingerprint density at radius 3 is 2.52 bits per heavy atom. The maximum absolute atomic E-state index is 8.84. The third-order valence-electron chi connectivity index (χ3n) is 3.56. The van der Waals surface area contributed by atoms with Crippen LogP contribution in [0.5, 0.6) is 11.6 Å². The highest BCUT2D eigenvalue weighted by atomic mass is 35.5. The number of aromatic nitrogens is 4. The number of fused-ring (bicyclic) bond motifs is 1. The topological polar surface area (TPSA) is 76.1 Å². The van der Waals surface area contributed by atoms with Crippen LogP contribution >= 0.6 is 11.6 Å². The van der Waals surface area contributed by atoms with Gasteiger partial charge in [0.2, 0.25) is 5.88 Å². The zero-order chi connectivity index (χ0) is 17.2. The van der Waals surface area contributed by atoms with Gasteiger partial charge in [-0.3, -0.25) is 0 Å². The van der Waals surface area contributed by atoms with Crippen molar-refractivity contribution in [1.29, 1.82) is 5.26 Å². The minimum atomic E-state index is 0.380. The summed E-state index contributed by atoms with van der Waals surface area (Å²) >= 11 is 6.25. The van der Waals surface area contributed by atoms with Crippen molar-refractivity contribution in [2.45, 2.75) is 0 Å². The van der Waals surface area contributed by atoms with Crippen molar-refractivity contribution in [3.8, 4) is 29.1 Å². The number of halogens is 1. The van der Waals surface area contributed by atoms with Crippen LogP contribution in [0.2, 0.25) is 5.02 Å². The molecule has 0 atom stereocenters. The Morgan fingerprint density at radius 2 is 1.76 bits per heavy atom. The van der Waals surface area contributed by atoms with E-state index in [9.17, 15) is 0 Å². The third kappa shape index (κ3) is 2.89. The molecule has 6 nitrogen and oxygen atoms in total. The average molecular weight is 348 g/mol. The number of nitrogens with zero attached hydrogens (tertiary/aromatic N) is 5. The van der Waals surface area contributed by atoms with E-state index in [4.69, 9.17) is 21.6 Å². The van der Waals surface area contributed by atoms with Gasteiger partial charge in [0.05, 0.1) is 16.7 Å². The van der Waals surface area contributed by atoms with Gasteiger partial charge in [0, 0.05) is 11.6 Å². The van der Waals surface area contributed by atoms with Gasteiger partial charge < -0.3 is 4.74 Å². The third-order valence-corrected chi connectivity index (χ3v) is 3.89. The molecule has 0 N–H and O–H groups in total. The molecule has 0 aliphatic heterocycles. The first kappa shape index (κ1) is 15.1. The predicted molar refractivity (Wildman–Crippen MR) is 92.5 cm³/mol. The molecule has 2 aromatic carbocycles. The van der Waals surface area contributed by atoms with Gasteiger partial charge in [-0.05, 0) is 42.5 Å². The molecular formula is C18H10ClN5O. The molecule has 2 aromatic heterocycles. The zero-order valence-electron chi connectivity index (χ0n) is 12.8. The van der Waals surface area contributed by atoms with Crippen LogP contribution in [0.3, 0.4) is 0 Å². The molecule has 2 heterocycles. The van der Waals surface area contributed by atoms with E-state index in [-0.39, 0.29) is 0 Å². The summed E-state index contributed by atoms with van der Waals surface area (Å²) in [6, 6.07) is 19.7. The van der Waals surface area contributed by atoms with E-state index in [0.717, 1.165) is 5.56 Å². The highest BCUT2D eigenvalue weighted by molar-refractivity contribution is 6.33. The van der Waals surface area contributed by atoms with E-state index < -0.39 is 0 Å². The lowest BCUT2D eigenvalue weighted by Gasteiger charge is -2.06. The maximum Gasteiger partial charge on any atom is 0.237 e. The van der Waals surface area contributed by atoms with Crippen molar-refractivity contribution in [3.63, 3.8) is 0 Å². The van der Waals surface area contributed by atoms with Crippen LogP contribution in [0.15, 0.2) is 60.7 Å². The van der Waals surface area contributed by atoms with Crippen molar-refractivity contribution in [2.75, 3.05) is 0 Å². The van der Waals surface area contributed by atoms with Crippen molar-refractivity contribution >= 4 is 17.2 Å². The Kier molecular flexibility index (Phi) is 3.77. The van der Waals surface area contributed by atoms with Gasteiger partial charge in [0.25, 0.3) is 0 Å². The Hall–Kier alpha value is -3.43. The van der Waals surface area contributed by atoms with Gasteiger partial charge in [0.15, 0.2) is 11.5 Å². The Morgan fingerprint density at radius 1 is 0.960 bits per heavy atom. The number of benzene rings is 2. The summed E-state index contributed by atoms with van der Waals surface area (Å²) in [4.78, 5) is 0. The molecule has 0 fully saturated rings. The zero-order valence-corrected chi connectivity index (χ0v) is 13.6. The van der Waals surface area contributed by atoms with Crippen molar-refractivity contribution in [3.05, 3.63) is 71.2 Å². The van der Waals surface area contributed by atoms with E-state index in [1.54, 1.807) is 47.0 Å². The molecule has 0 saturated carbocycles. The number of hydrogen-bond donors (Lipinski definition) is 0. The highest BCUT2D eigenvalue weighted by Gasteiger charge is 2.13. The molecule has 120 valence electrons. The predicted octanol–water partition coefficient (Wildman–Crippen LogP) is 4.11. The van der Waals surface area contributed by atoms with Gasteiger partial charge in [0.1, 0.15) is 5.75 Å². The summed E-state index contributed by atoms with van der Waals surface area (Å²) in [5.74, 6) is 1.49. The molecule has 0 spiro atoms. The molecule has 0 aliphatic carbocycles. The second-order valence-electron chi connectivity index (χ2n) is 5.18. The lowest BCUT2D eigenvalue weighted by atomic mass is 10.2. The first-order chi connectivity index (χ1) is 12.2. The van der Waals surface area contributed by atoms with Crippen molar-refractivity contribution < 1.29 is 4.74 Å². The second-order valence-corrected chi connectivity index (χ2v) is 5.59. The Labute approximate surface area is 147 Å². The van der Waals surface area contributed by atoms with Crippen LogP contribution in [-0.4, -0.2) is 19.8 Å². The summed E-state index contributed by atoms with van der Waals surface area (Å²) in [7, 11) is 0. The van der Waals surface area contributed by atoms with Crippen LogP contribution in [0.1, 0.15) is 5.56 Å². The molecule has 4 rings (SSSR count). The first-order valence-electron chi connectivity index (χ1n) is 7.40. The highest BCUT2D eigenvalue weighted by Crippen LogP contribution is 2.27. The fraction of sp³-hybridized carbons (Fsp3) is 0. The van der Waals surface area contributed by atoms with Crippen LogP contribution < -0.4 is 4.74 Å². The van der Waals surface area contributed by atoms with Crippen molar-refractivity contribution in [2.24, 2.45) is 0 Å². The molecular weight excluding hydrogens is 338 g/mol. The van der Waals surface area contributed by atoms with Crippen molar-refractivity contribution in [1.82, 2.24) is 19.8 Å². The Balaban J connectivity index is 1.73. The fourth-order valence-corrected chi connectivity index (χ4v) is 2.58. The number of ether oxygens (including phenoxy) is 1. The SMILES string of the molecule is N#Cc1ccc(Oc2ccc3nnc(-c4ccccc4Cl)n3n2)cc1. The number of nitriles is 1. The van der Waals surface area contributed by atoms with E-state index in [1.165, 1.54) is 0 Å². The van der Waals surface area contributed by atoms with Gasteiger partial charge in [-0.25, -0.2) is 0 Å². The lowest BCUT2D eigenvalue weighted by molar-refractivity contribution is 0.453. The van der Waals surface area contributed by atoms with Crippen LogP contribution in [0.4, 0.5) is 0 Å². The van der Waals surface area contributed by atoms with Gasteiger partial charge in [-0.2, -0.15) is 9.78 Å². The smallest absolute Gasteiger partial charge is 0.237 e. The van der Waals surface area contributed by atoms with Gasteiger partial charge in [-0.15, -0.1) is 15.3 Å². The molecule has 4 aromatic rings. The summed E-state index contributed by atoms with van der Waals surface area (Å²) in [5, 5.41) is 22.1. The Bertz CT molecular complexity index is 1100. The summed E-state index contributed by atoms with van der Waals surface area (Å²) in [6.07, 6.45) is 0. The lowest BCUT2D eigenvalue weighted by Crippen LogP contribution is -1.98. The van der Waals surface area contributed by atoms with Gasteiger partial charge in [-0.1, -0.05) is 23.7 Å². The summed E-state index contributed by atoms with van der Waals surface area (Å²) < 4.78 is 7.33. The number of hydrogen-bond acceptors (Lipinski definition) is 5. The minimum absolute atomic E-state index is 0.380. The first-order valence-corrected chi connectivity index (χ1v) is 7.78. The standard InChI is InChI=1S/C18H10ClN5O/c19-15-4-2-1-3-14(15)18-22-21-16-9-10-17(23-24(16)18)25-13-7-5-12(11-20)6-8-13/h1-10H. The van der Waals surface area contributed by atoms with Crippen LogP contribution in [0, 0.1) is 11.3 Å². The molecule has 0 aliphatic rings. The molecule has 0 amide bonds. The van der Waals surface area contributed by atoms with E-state index in [1.807, 2.05) is 18.2 Å². The van der Waals surface area contributed by atoms with Gasteiger partial charge >= 0.3 is 0 Å². The van der Waals surface area contributed by atoms with E-state index in [2.05, 4.69) is 21.4 Å². The molecule has 7 heteroatoms. The van der Waals surface area contributed by atoms with E-state index in [0.29, 0.717) is 33.7 Å². The number of rotatable bonds is 3. The van der Waals surface area contributed by atoms with Crippen LogP contribution in [0.25, 0.3) is 17.0 Å². The molecule has 0 bridgehead atoms. The molecule has 0 unspecified atom stereocenters. The molecule has 25 heavy (non-hydrogen) atoms.